The lowest BCUT2D eigenvalue weighted by molar-refractivity contribution is -0.372. The van der Waals surface area contributed by atoms with E-state index in [1.165, 1.54) is 12.4 Å². The molecule has 1 fully saturated rings. The number of carbonyl (C=O) groups is 3. The van der Waals surface area contributed by atoms with Gasteiger partial charge in [-0.05, 0) is 49.7 Å². The van der Waals surface area contributed by atoms with Crippen molar-refractivity contribution < 1.29 is 29.5 Å². The molecule has 1 aromatic heterocycles. The Hall–Kier alpha value is -3.03. The SMILES string of the molecule is CC(C)[C@@H]1CC1(NC(=O)[C@H](CCCN=C(N)NC(C[O-])CCC=O)NC(=O)c1cccnc1)B(O)O. The average molecular weight is 503 g/mol. The quantitative estimate of drug-likeness (QED) is 0.0520. The lowest BCUT2D eigenvalue weighted by Crippen LogP contribution is -2.57. The van der Waals surface area contributed by atoms with E-state index < -0.39 is 43.1 Å². The van der Waals surface area contributed by atoms with Gasteiger partial charge in [-0.2, -0.15) is 0 Å². The number of nitrogens with two attached hydrogens (primary N) is 1. The molecule has 0 spiro atoms. The highest BCUT2D eigenvalue weighted by Crippen LogP contribution is 2.49. The third-order valence-electron chi connectivity index (χ3n) is 6.35. The summed E-state index contributed by atoms with van der Waals surface area (Å²) in [6.07, 6.45) is 5.22. The summed E-state index contributed by atoms with van der Waals surface area (Å²) >= 11 is 0. The molecular weight excluding hydrogens is 467 g/mol. The van der Waals surface area contributed by atoms with Crippen LogP contribution in [0.5, 0.6) is 0 Å². The van der Waals surface area contributed by atoms with Gasteiger partial charge in [-0.15, -0.1) is 6.61 Å². The van der Waals surface area contributed by atoms with Gasteiger partial charge in [-0.1, -0.05) is 13.8 Å². The molecular formula is C23H36BN6O6-. The molecule has 13 heteroatoms. The van der Waals surface area contributed by atoms with Gasteiger partial charge in [0.2, 0.25) is 5.91 Å². The predicted molar refractivity (Wildman–Crippen MR) is 132 cm³/mol. The molecule has 0 radical (unpaired) electrons. The normalized spacial score (nSPS) is 20.8. The molecule has 0 saturated heterocycles. The first-order chi connectivity index (χ1) is 17.1. The average Bonchev–Trinajstić information content (AvgIpc) is 3.60. The van der Waals surface area contributed by atoms with Gasteiger partial charge in [-0.25, -0.2) is 0 Å². The number of rotatable bonds is 15. The summed E-state index contributed by atoms with van der Waals surface area (Å²) in [4.78, 5) is 44.4. The molecule has 1 aliphatic rings. The van der Waals surface area contributed by atoms with Gasteiger partial charge in [-0.3, -0.25) is 19.6 Å². The zero-order valence-electron chi connectivity index (χ0n) is 20.7. The Balaban J connectivity index is 2.03. The number of nitrogens with one attached hydrogen (secondary N) is 3. The van der Waals surface area contributed by atoms with Crippen LogP contribution in [0.2, 0.25) is 0 Å². The van der Waals surface area contributed by atoms with Crippen molar-refractivity contribution in [2.75, 3.05) is 13.2 Å². The minimum atomic E-state index is -1.73. The van der Waals surface area contributed by atoms with Crippen molar-refractivity contribution in [1.29, 1.82) is 0 Å². The Morgan fingerprint density at radius 3 is 2.67 bits per heavy atom. The second-order valence-corrected chi connectivity index (χ2v) is 9.39. The zero-order chi connectivity index (χ0) is 26.7. The van der Waals surface area contributed by atoms with Crippen LogP contribution in [0.3, 0.4) is 0 Å². The summed E-state index contributed by atoms with van der Waals surface area (Å²) in [6.45, 7) is 3.64. The van der Waals surface area contributed by atoms with Crippen molar-refractivity contribution >= 4 is 31.2 Å². The molecule has 2 amide bonds. The van der Waals surface area contributed by atoms with E-state index in [-0.39, 0.29) is 42.7 Å². The van der Waals surface area contributed by atoms with Gasteiger partial charge < -0.3 is 41.6 Å². The largest absolute Gasteiger partial charge is 0.853 e. The number of aldehydes is 1. The lowest BCUT2D eigenvalue weighted by atomic mass is 9.72. The van der Waals surface area contributed by atoms with Crippen molar-refractivity contribution in [3.63, 3.8) is 0 Å². The van der Waals surface area contributed by atoms with Gasteiger partial charge >= 0.3 is 7.12 Å². The highest BCUT2D eigenvalue weighted by atomic mass is 16.4. The Labute approximate surface area is 211 Å². The third-order valence-corrected chi connectivity index (χ3v) is 6.35. The zero-order valence-corrected chi connectivity index (χ0v) is 20.7. The highest BCUT2D eigenvalue weighted by molar-refractivity contribution is 6.47. The fourth-order valence-electron chi connectivity index (χ4n) is 4.18. The minimum absolute atomic E-state index is 0.0576. The molecule has 4 atom stereocenters. The van der Waals surface area contributed by atoms with E-state index in [1.807, 2.05) is 13.8 Å². The summed E-state index contributed by atoms with van der Waals surface area (Å²) in [5, 5.41) is 39.3. The Morgan fingerprint density at radius 2 is 2.11 bits per heavy atom. The fraction of sp³-hybridized carbons (Fsp3) is 0.609. The van der Waals surface area contributed by atoms with Gasteiger partial charge in [0.05, 0.1) is 11.0 Å². The molecule has 1 heterocycles. The van der Waals surface area contributed by atoms with E-state index in [9.17, 15) is 29.5 Å². The Bertz CT molecular complexity index is 902. The summed E-state index contributed by atoms with van der Waals surface area (Å²) in [5.74, 6) is -0.929. The van der Waals surface area contributed by atoms with Gasteiger partial charge in [0.25, 0.3) is 5.91 Å². The van der Waals surface area contributed by atoms with Crippen LogP contribution in [-0.4, -0.2) is 76.9 Å². The van der Waals surface area contributed by atoms with E-state index in [2.05, 4.69) is 25.9 Å². The van der Waals surface area contributed by atoms with Crippen LogP contribution in [-0.2, 0) is 9.59 Å². The van der Waals surface area contributed by atoms with Crippen LogP contribution in [0.25, 0.3) is 0 Å². The van der Waals surface area contributed by atoms with E-state index in [4.69, 9.17) is 5.73 Å². The number of pyridine rings is 1. The Kier molecular flexibility index (Phi) is 11.3. The monoisotopic (exact) mass is 503 g/mol. The summed E-state index contributed by atoms with van der Waals surface area (Å²) in [6, 6.07) is 1.70. The first-order valence-electron chi connectivity index (χ1n) is 12.1. The minimum Gasteiger partial charge on any atom is -0.853 e. The molecule has 0 aromatic carbocycles. The molecule has 36 heavy (non-hydrogen) atoms. The molecule has 2 rings (SSSR count). The molecule has 1 saturated carbocycles. The summed E-state index contributed by atoms with van der Waals surface area (Å²) in [5.41, 5.74) is 4.96. The number of guanidine groups is 1. The number of nitrogens with zero attached hydrogens (tertiary/aromatic N) is 2. The summed E-state index contributed by atoms with van der Waals surface area (Å²) < 4.78 is 0. The maximum absolute atomic E-state index is 13.2. The van der Waals surface area contributed by atoms with Crippen LogP contribution in [0.4, 0.5) is 0 Å². The van der Waals surface area contributed by atoms with Crippen molar-refractivity contribution in [3.8, 4) is 0 Å². The van der Waals surface area contributed by atoms with Crippen LogP contribution >= 0.6 is 0 Å². The van der Waals surface area contributed by atoms with E-state index in [0.717, 1.165) is 6.29 Å². The van der Waals surface area contributed by atoms with Crippen LogP contribution in [0, 0.1) is 11.8 Å². The maximum atomic E-state index is 13.2. The smallest absolute Gasteiger partial charge is 0.479 e. The van der Waals surface area contributed by atoms with Crippen molar-refractivity contribution in [2.24, 2.45) is 22.6 Å². The second kappa shape index (κ2) is 13.9. The molecule has 1 aromatic rings. The summed E-state index contributed by atoms with van der Waals surface area (Å²) in [7, 11) is -1.73. The van der Waals surface area contributed by atoms with Crippen molar-refractivity contribution in [1.82, 2.24) is 20.9 Å². The topological polar surface area (TPSA) is 202 Å². The second-order valence-electron chi connectivity index (χ2n) is 9.39. The number of amides is 2. The number of hydrogen-bond donors (Lipinski definition) is 6. The standard InChI is InChI=1S/C23H36BN6O6/c1-15(2)18-12-23(18,24(35)36)30-21(34)19(29-20(33)16-6-3-9-26-13-16)8-4-10-27-22(25)28-17(14-32)7-5-11-31/h3,6,9,11,13,15,17-19,35-36H,4-5,7-8,10,12,14H2,1-2H3,(H,29,33)(H,30,34)(H3,25,27,28)/q-1/t17?,18-,19-,23?/m0/s1. The predicted octanol–water partition coefficient (Wildman–Crippen LogP) is -1.88. The molecule has 12 nitrogen and oxygen atoms in total. The third kappa shape index (κ3) is 8.28. The first kappa shape index (κ1) is 29.2. The first-order valence-corrected chi connectivity index (χ1v) is 12.1. The molecule has 7 N–H and O–H groups in total. The van der Waals surface area contributed by atoms with Crippen molar-refractivity contribution in [2.45, 2.75) is 63.5 Å². The number of aromatic nitrogens is 1. The number of aliphatic imine (C=N–C) groups is 1. The van der Waals surface area contributed by atoms with E-state index in [1.54, 1.807) is 12.1 Å². The lowest BCUT2D eigenvalue weighted by Gasteiger charge is -2.24. The van der Waals surface area contributed by atoms with Gasteiger partial charge in [0.15, 0.2) is 5.96 Å². The van der Waals surface area contributed by atoms with Gasteiger partial charge in [0.1, 0.15) is 12.3 Å². The van der Waals surface area contributed by atoms with Crippen LogP contribution < -0.4 is 26.8 Å². The van der Waals surface area contributed by atoms with Crippen LogP contribution in [0.15, 0.2) is 29.5 Å². The number of carbonyl (C=O) groups excluding carboxylic acids is 3. The van der Waals surface area contributed by atoms with E-state index >= 15 is 0 Å². The maximum Gasteiger partial charge on any atom is 0.479 e. The molecule has 0 bridgehead atoms. The van der Waals surface area contributed by atoms with E-state index in [0.29, 0.717) is 19.3 Å². The highest BCUT2D eigenvalue weighted by Gasteiger charge is 2.64. The fourth-order valence-corrected chi connectivity index (χ4v) is 4.18. The molecule has 0 aliphatic heterocycles. The van der Waals surface area contributed by atoms with Crippen LogP contribution in [0.1, 0.15) is 56.3 Å². The van der Waals surface area contributed by atoms with Gasteiger partial charge in [0, 0.05) is 31.4 Å². The van der Waals surface area contributed by atoms with Crippen molar-refractivity contribution in [3.05, 3.63) is 30.1 Å². The Morgan fingerprint density at radius 1 is 1.36 bits per heavy atom. The molecule has 2 unspecified atom stereocenters. The molecule has 1 aliphatic carbocycles. The number of hydrogen-bond acceptors (Lipinski definition) is 8. The molecule has 198 valence electrons.